The van der Waals surface area contributed by atoms with Crippen LogP contribution in [0.3, 0.4) is 0 Å². The Hall–Kier alpha value is -3.66. The number of carbonyl (C=O) groups is 2. The molecular weight excluding hydrogens is 470 g/mol. The standard InChI is InChI=1S/C25H27N3O6S/c1-5-33-24(30)22-15(2)27-25-28(23(22)19-9-8-17(31-3)12-20(19)32-4)16(14-35-25)11-21(29)26-13-18-7-6-10-34-18/h6-10,12,14,23H,5,11,13H2,1-4H3,(H,26,29)/t23-/m1/s1. The predicted octanol–water partition coefficient (Wildman–Crippen LogP) is 4.14. The summed E-state index contributed by atoms with van der Waals surface area (Å²) in [6.07, 6.45) is 1.66. The number of fused-ring (bicyclic) bond motifs is 1. The van der Waals surface area contributed by atoms with Gasteiger partial charge in [-0.25, -0.2) is 9.79 Å². The fourth-order valence-electron chi connectivity index (χ4n) is 4.00. The van der Waals surface area contributed by atoms with Crippen LogP contribution in [0.25, 0.3) is 0 Å². The highest BCUT2D eigenvalue weighted by molar-refractivity contribution is 8.16. The Labute approximate surface area is 207 Å². The molecule has 35 heavy (non-hydrogen) atoms. The number of esters is 1. The molecular formula is C25H27N3O6S. The zero-order chi connectivity index (χ0) is 24.9. The number of aliphatic imine (C=N–C) groups is 1. The lowest BCUT2D eigenvalue weighted by Crippen LogP contribution is -2.38. The fraction of sp³-hybridized carbons (Fsp3) is 0.320. The number of carbonyl (C=O) groups excluding carboxylic acids is 2. The molecule has 184 valence electrons. The van der Waals surface area contributed by atoms with E-state index in [1.807, 2.05) is 22.4 Å². The first-order valence-corrected chi connectivity index (χ1v) is 12.0. The second-order valence-electron chi connectivity index (χ2n) is 7.75. The first-order valence-electron chi connectivity index (χ1n) is 11.1. The molecule has 0 radical (unpaired) electrons. The number of benzene rings is 1. The first kappa shape index (κ1) is 24.5. The quantitative estimate of drug-likeness (QED) is 0.516. The molecule has 0 saturated carbocycles. The van der Waals surface area contributed by atoms with Gasteiger partial charge in [0.05, 0.1) is 57.4 Å². The van der Waals surface area contributed by atoms with Crippen LogP contribution in [-0.4, -0.2) is 42.8 Å². The third-order valence-electron chi connectivity index (χ3n) is 5.61. The van der Waals surface area contributed by atoms with E-state index in [4.69, 9.17) is 18.6 Å². The first-order chi connectivity index (χ1) is 17.0. The topological polar surface area (TPSA) is 103 Å². The number of methoxy groups -OCH3 is 2. The molecule has 4 rings (SSSR count). The second kappa shape index (κ2) is 10.7. The second-order valence-corrected chi connectivity index (χ2v) is 8.59. The smallest absolute Gasteiger partial charge is 0.338 e. The Morgan fingerprint density at radius 2 is 2.06 bits per heavy atom. The lowest BCUT2D eigenvalue weighted by atomic mass is 9.93. The van der Waals surface area contributed by atoms with Crippen LogP contribution in [-0.2, 0) is 20.9 Å². The molecule has 9 nitrogen and oxygen atoms in total. The molecule has 2 aliphatic rings. The molecule has 0 fully saturated rings. The molecule has 0 unspecified atom stereocenters. The number of ether oxygens (including phenoxy) is 3. The summed E-state index contributed by atoms with van der Waals surface area (Å²) in [5.41, 5.74) is 2.39. The number of amidine groups is 1. The van der Waals surface area contributed by atoms with Gasteiger partial charge >= 0.3 is 5.97 Å². The Bertz CT molecular complexity index is 1200. The summed E-state index contributed by atoms with van der Waals surface area (Å²) >= 11 is 1.41. The number of rotatable bonds is 9. The largest absolute Gasteiger partial charge is 0.497 e. The maximum atomic E-state index is 13.1. The van der Waals surface area contributed by atoms with E-state index in [0.717, 1.165) is 5.56 Å². The number of hydrogen-bond acceptors (Lipinski definition) is 9. The Morgan fingerprint density at radius 3 is 2.74 bits per heavy atom. The average Bonchev–Trinajstić information content (AvgIpc) is 3.51. The predicted molar refractivity (Wildman–Crippen MR) is 132 cm³/mol. The monoisotopic (exact) mass is 497 g/mol. The summed E-state index contributed by atoms with van der Waals surface area (Å²) in [6.45, 7) is 4.06. The van der Waals surface area contributed by atoms with Crippen molar-refractivity contribution >= 4 is 28.8 Å². The van der Waals surface area contributed by atoms with E-state index in [-0.39, 0.29) is 25.5 Å². The van der Waals surface area contributed by atoms with Gasteiger partial charge in [-0.1, -0.05) is 11.8 Å². The fourth-order valence-corrected chi connectivity index (χ4v) is 4.97. The molecule has 1 atom stereocenters. The highest BCUT2D eigenvalue weighted by atomic mass is 32.2. The number of furan rings is 1. The van der Waals surface area contributed by atoms with Gasteiger partial charge < -0.3 is 28.8 Å². The Balaban J connectivity index is 1.69. The molecule has 2 aromatic rings. The van der Waals surface area contributed by atoms with Crippen LogP contribution in [0.5, 0.6) is 11.5 Å². The zero-order valence-electron chi connectivity index (χ0n) is 20.0. The van der Waals surface area contributed by atoms with Crippen LogP contribution in [0, 0.1) is 0 Å². The number of thioether (sulfide) groups is 1. The molecule has 1 N–H and O–H groups in total. The summed E-state index contributed by atoms with van der Waals surface area (Å²) in [5.74, 6) is 1.19. The molecule has 3 heterocycles. The molecule has 2 aliphatic heterocycles. The molecule has 0 spiro atoms. The van der Waals surface area contributed by atoms with E-state index >= 15 is 0 Å². The van der Waals surface area contributed by atoms with Gasteiger partial charge in [-0.15, -0.1) is 0 Å². The number of nitrogens with one attached hydrogen (secondary N) is 1. The van der Waals surface area contributed by atoms with E-state index in [0.29, 0.717) is 39.4 Å². The molecule has 0 saturated heterocycles. The van der Waals surface area contributed by atoms with Gasteiger partial charge in [0.25, 0.3) is 0 Å². The van der Waals surface area contributed by atoms with Crippen molar-refractivity contribution in [1.29, 1.82) is 0 Å². The summed E-state index contributed by atoms with van der Waals surface area (Å²) < 4.78 is 21.7. The van der Waals surface area contributed by atoms with Crippen LogP contribution in [0.15, 0.2) is 68.4 Å². The number of amides is 1. The maximum Gasteiger partial charge on any atom is 0.338 e. The molecule has 0 aliphatic carbocycles. The minimum atomic E-state index is -0.596. The van der Waals surface area contributed by atoms with Crippen molar-refractivity contribution in [3.05, 3.63) is 70.3 Å². The minimum absolute atomic E-state index is 0.0941. The zero-order valence-corrected chi connectivity index (χ0v) is 20.8. The normalized spacial score (nSPS) is 16.9. The van der Waals surface area contributed by atoms with Crippen molar-refractivity contribution in [2.24, 2.45) is 4.99 Å². The number of nitrogens with zero attached hydrogens (tertiary/aromatic N) is 2. The van der Waals surface area contributed by atoms with Gasteiger partial charge in [-0.2, -0.15) is 0 Å². The van der Waals surface area contributed by atoms with E-state index in [2.05, 4.69) is 10.3 Å². The van der Waals surface area contributed by atoms with Crippen molar-refractivity contribution in [3.63, 3.8) is 0 Å². The van der Waals surface area contributed by atoms with Gasteiger partial charge in [-0.3, -0.25) is 4.79 Å². The van der Waals surface area contributed by atoms with Gasteiger partial charge in [0.2, 0.25) is 5.91 Å². The highest BCUT2D eigenvalue weighted by Crippen LogP contribution is 2.47. The van der Waals surface area contributed by atoms with Gasteiger partial charge in [0, 0.05) is 17.3 Å². The lowest BCUT2D eigenvalue weighted by molar-refractivity contribution is -0.139. The molecule has 1 aromatic carbocycles. The van der Waals surface area contributed by atoms with Gasteiger partial charge in [0.15, 0.2) is 5.17 Å². The molecule has 10 heteroatoms. The summed E-state index contributed by atoms with van der Waals surface area (Å²) in [5, 5.41) is 5.43. The summed E-state index contributed by atoms with van der Waals surface area (Å²) in [4.78, 5) is 32.5. The SMILES string of the molecule is CCOC(=O)C1=C(C)N=C2SC=C(CC(=O)NCc3ccco3)N2[C@@H]1c1ccc(OC)cc1OC. The average molecular weight is 498 g/mol. The number of allylic oxidation sites excluding steroid dienone is 1. The summed E-state index contributed by atoms with van der Waals surface area (Å²) in [7, 11) is 3.14. The van der Waals surface area contributed by atoms with E-state index < -0.39 is 12.0 Å². The van der Waals surface area contributed by atoms with Crippen molar-refractivity contribution < 1.29 is 28.2 Å². The molecule has 1 amide bonds. The van der Waals surface area contributed by atoms with Gasteiger partial charge in [0.1, 0.15) is 17.3 Å². The van der Waals surface area contributed by atoms with Crippen LogP contribution < -0.4 is 14.8 Å². The molecule has 1 aromatic heterocycles. The maximum absolute atomic E-state index is 13.1. The van der Waals surface area contributed by atoms with Crippen LogP contribution in [0.2, 0.25) is 0 Å². The summed E-state index contributed by atoms with van der Waals surface area (Å²) in [6, 6.07) is 8.40. The van der Waals surface area contributed by atoms with Crippen molar-refractivity contribution in [3.8, 4) is 11.5 Å². The molecule has 0 bridgehead atoms. The number of hydrogen-bond donors (Lipinski definition) is 1. The lowest BCUT2D eigenvalue weighted by Gasteiger charge is -2.36. The Morgan fingerprint density at radius 1 is 1.23 bits per heavy atom. The van der Waals surface area contributed by atoms with Crippen LogP contribution >= 0.6 is 11.8 Å². The minimum Gasteiger partial charge on any atom is -0.497 e. The third kappa shape index (κ3) is 5.07. The van der Waals surface area contributed by atoms with Gasteiger partial charge in [-0.05, 0) is 43.5 Å². The van der Waals surface area contributed by atoms with E-state index in [9.17, 15) is 9.59 Å². The van der Waals surface area contributed by atoms with Crippen LogP contribution in [0.4, 0.5) is 0 Å². The Kier molecular flexibility index (Phi) is 7.50. The van der Waals surface area contributed by atoms with E-state index in [1.54, 1.807) is 52.5 Å². The van der Waals surface area contributed by atoms with Crippen molar-refractivity contribution in [2.45, 2.75) is 32.9 Å². The van der Waals surface area contributed by atoms with Crippen molar-refractivity contribution in [1.82, 2.24) is 10.2 Å². The highest BCUT2D eigenvalue weighted by Gasteiger charge is 2.42. The van der Waals surface area contributed by atoms with Crippen molar-refractivity contribution in [2.75, 3.05) is 20.8 Å². The van der Waals surface area contributed by atoms with E-state index in [1.165, 1.54) is 11.8 Å². The third-order valence-corrected chi connectivity index (χ3v) is 6.50. The van der Waals surface area contributed by atoms with Crippen LogP contribution in [0.1, 0.15) is 37.6 Å².